The Labute approximate surface area is 266 Å². The first-order valence-corrected chi connectivity index (χ1v) is 15.3. The Morgan fingerprint density at radius 1 is 0.657 bits per heavy atom. The molecule has 0 bridgehead atoms. The van der Waals surface area contributed by atoms with E-state index in [4.69, 9.17) is 0 Å². The van der Waals surface area contributed by atoms with E-state index >= 15 is 0 Å². The monoisotopic (exact) mass is 752 g/mol. The Hall–Kier alpha value is 1.03. The third-order valence-corrected chi connectivity index (χ3v) is 14.4. The quantitative estimate of drug-likeness (QED) is 0.174. The maximum Gasteiger partial charge on any atom is 0.124 e. The minimum Gasteiger partial charge on any atom is -0.0916 e. The number of fused-ring (bicyclic) bond motifs is 2. The maximum atomic E-state index is 3.52. The molecule has 3 aliphatic heterocycles. The average molecular weight is 750 g/mol. The van der Waals surface area contributed by atoms with Crippen LogP contribution in [0.3, 0.4) is 0 Å². The SMILES string of the molecule is C.C.C.C.C.C.CCCCC(CC)C[Si]1(CC(CC)CCCC)C2=CC#SC2=C2S#CC=C21.[Sn].[Sn]. The van der Waals surface area contributed by atoms with Crippen LogP contribution in [0.1, 0.15) is 124 Å². The third-order valence-electron chi connectivity index (χ3n) is 6.82. The van der Waals surface area contributed by atoms with Crippen LogP contribution >= 0.6 is 22.3 Å². The molecule has 0 amide bonds. The normalized spacial score (nSPS) is 16.0. The minimum atomic E-state index is -1.68. The second kappa shape index (κ2) is 24.1. The zero-order chi connectivity index (χ0) is 19.3. The molecular formula is C30H60S2SiSn2. The van der Waals surface area contributed by atoms with Crippen molar-refractivity contribution in [3.05, 3.63) is 32.4 Å². The van der Waals surface area contributed by atoms with E-state index < -0.39 is 8.07 Å². The average Bonchev–Trinajstić information content (AvgIpc) is 3.39. The fraction of sp³-hybridized carbons (Fsp3) is 0.733. The van der Waals surface area contributed by atoms with Crippen molar-refractivity contribution in [2.75, 3.05) is 0 Å². The third kappa shape index (κ3) is 11.0. The van der Waals surface area contributed by atoms with Crippen molar-refractivity contribution < 1.29 is 0 Å². The van der Waals surface area contributed by atoms with Gasteiger partial charge in [0.1, 0.15) is 8.07 Å². The smallest absolute Gasteiger partial charge is 0.0916 e. The molecule has 35 heavy (non-hydrogen) atoms. The van der Waals surface area contributed by atoms with E-state index in [-0.39, 0.29) is 92.4 Å². The fourth-order valence-corrected chi connectivity index (χ4v) is 14.7. The molecule has 0 aromatic heterocycles. The van der Waals surface area contributed by atoms with Crippen molar-refractivity contribution >= 4 is 78.2 Å². The van der Waals surface area contributed by atoms with Crippen LogP contribution in [0.25, 0.3) is 0 Å². The molecule has 2 atom stereocenters. The largest absolute Gasteiger partial charge is 0.124 e. The van der Waals surface area contributed by atoms with E-state index in [2.05, 4.69) is 50.2 Å². The summed E-state index contributed by atoms with van der Waals surface area (Å²) in [7, 11) is -1.68. The van der Waals surface area contributed by atoms with Crippen LogP contribution in [0.2, 0.25) is 12.1 Å². The molecular weight excluding hydrogens is 690 g/mol. The first kappa shape index (κ1) is 49.0. The predicted octanol–water partition coefficient (Wildman–Crippen LogP) is 11.5. The van der Waals surface area contributed by atoms with Gasteiger partial charge in [-0.15, -0.1) is 0 Å². The molecule has 0 aromatic carbocycles. The van der Waals surface area contributed by atoms with Crippen molar-refractivity contribution in [2.45, 2.75) is 136 Å². The van der Waals surface area contributed by atoms with Crippen LogP contribution in [-0.2, 0) is 0 Å². The molecule has 5 heteroatoms. The summed E-state index contributed by atoms with van der Waals surface area (Å²) in [6.07, 6.45) is 15.8. The summed E-state index contributed by atoms with van der Waals surface area (Å²) in [6.45, 7) is 9.52. The van der Waals surface area contributed by atoms with E-state index in [0.717, 1.165) is 11.8 Å². The van der Waals surface area contributed by atoms with E-state index in [1.165, 1.54) is 63.5 Å². The van der Waals surface area contributed by atoms with Crippen LogP contribution in [0.15, 0.2) is 32.4 Å². The molecule has 3 aliphatic rings. The van der Waals surface area contributed by atoms with Gasteiger partial charge in [0, 0.05) is 47.8 Å². The van der Waals surface area contributed by atoms with E-state index in [9.17, 15) is 0 Å². The van der Waals surface area contributed by atoms with Crippen LogP contribution < -0.4 is 0 Å². The number of hydrogen-bond donors (Lipinski definition) is 0. The van der Waals surface area contributed by atoms with Gasteiger partial charge in [0.15, 0.2) is 0 Å². The number of allylic oxidation sites excluding steroid dienone is 4. The van der Waals surface area contributed by atoms with Crippen molar-refractivity contribution in [2.24, 2.45) is 11.8 Å². The van der Waals surface area contributed by atoms with Gasteiger partial charge in [-0.25, -0.2) is 0 Å². The van der Waals surface area contributed by atoms with Gasteiger partial charge in [0.2, 0.25) is 0 Å². The van der Waals surface area contributed by atoms with Gasteiger partial charge in [-0.3, -0.25) is 0 Å². The molecule has 3 rings (SSSR count). The molecule has 204 valence electrons. The molecule has 0 saturated heterocycles. The summed E-state index contributed by atoms with van der Waals surface area (Å²) in [6, 6.07) is 2.92. The summed E-state index contributed by atoms with van der Waals surface area (Å²) in [5.41, 5.74) is 0. The van der Waals surface area contributed by atoms with Crippen molar-refractivity contribution in [3.8, 4) is 10.4 Å². The number of rotatable bonds is 12. The van der Waals surface area contributed by atoms with Crippen molar-refractivity contribution in [3.63, 3.8) is 0 Å². The molecule has 0 fully saturated rings. The Morgan fingerprint density at radius 3 is 1.29 bits per heavy atom. The first-order chi connectivity index (χ1) is 13.2. The molecule has 0 nitrogen and oxygen atoms in total. The van der Waals surface area contributed by atoms with E-state index in [0.29, 0.717) is 0 Å². The van der Waals surface area contributed by atoms with Crippen LogP contribution in [-0.4, -0.2) is 55.9 Å². The van der Waals surface area contributed by atoms with Gasteiger partial charge in [0.25, 0.3) is 0 Å². The van der Waals surface area contributed by atoms with Crippen LogP contribution in [0.5, 0.6) is 0 Å². The topological polar surface area (TPSA) is 0 Å². The zero-order valence-electron chi connectivity index (χ0n) is 18.7. The van der Waals surface area contributed by atoms with E-state index in [1.54, 1.807) is 20.2 Å². The summed E-state index contributed by atoms with van der Waals surface area (Å²) in [5, 5.41) is 10.5. The standard InChI is InChI=1S/C24H36S2Si.6CH4.2Sn/c1-5-9-11-19(7-3)17-27(18-20(8-4)12-10-6-2)21-13-15-25-23(21)24-22(27)14-16-26-24;;;;;;;;/h13-14,19-20H,5-12,17-18H2,1-4H3;6*1H4;;. The van der Waals surface area contributed by atoms with Gasteiger partial charge < -0.3 is 0 Å². The van der Waals surface area contributed by atoms with Gasteiger partial charge in [-0.1, -0.05) is 156 Å². The molecule has 0 saturated carbocycles. The number of unbranched alkanes of at least 4 members (excludes halogenated alkanes) is 2. The summed E-state index contributed by atoms with van der Waals surface area (Å²) in [4.78, 5) is 3.14. The summed E-state index contributed by atoms with van der Waals surface area (Å²) >= 11 is 3.73. The van der Waals surface area contributed by atoms with Gasteiger partial charge in [0.05, 0.1) is 9.81 Å². The summed E-state index contributed by atoms with van der Waals surface area (Å²) in [5.74, 6) is 1.78. The van der Waals surface area contributed by atoms with Crippen LogP contribution in [0, 0.1) is 22.2 Å². The van der Waals surface area contributed by atoms with Crippen molar-refractivity contribution in [1.82, 2.24) is 0 Å². The predicted molar refractivity (Wildman–Crippen MR) is 180 cm³/mol. The Kier molecular flexibility index (Phi) is 33.8. The Morgan fingerprint density at radius 2 is 1.00 bits per heavy atom. The second-order valence-corrected chi connectivity index (χ2v) is 14.3. The zero-order valence-corrected chi connectivity index (χ0v) is 27.0. The minimum absolute atomic E-state index is 0. The van der Waals surface area contributed by atoms with E-state index in [1.807, 2.05) is 22.3 Å². The second-order valence-electron chi connectivity index (χ2n) is 8.54. The molecule has 0 aromatic rings. The van der Waals surface area contributed by atoms with Gasteiger partial charge in [-0.2, -0.15) is 0 Å². The molecule has 3 heterocycles. The molecule has 8 radical (unpaired) electrons. The number of hydrogen-bond acceptors (Lipinski definition) is 0. The maximum absolute atomic E-state index is 3.52. The molecule has 0 N–H and O–H groups in total. The fourth-order valence-electron chi connectivity index (χ4n) is 5.12. The van der Waals surface area contributed by atoms with Crippen molar-refractivity contribution in [1.29, 1.82) is 0 Å². The Balaban J connectivity index is -0.000000263. The molecule has 0 spiro atoms. The van der Waals surface area contributed by atoms with Gasteiger partial charge in [-0.05, 0) is 46.5 Å². The Bertz CT molecular complexity index is 725. The molecule has 2 unspecified atom stereocenters. The van der Waals surface area contributed by atoms with Crippen LogP contribution in [0.4, 0.5) is 0 Å². The molecule has 0 aliphatic carbocycles. The summed E-state index contributed by atoms with van der Waals surface area (Å²) < 4.78 is 0. The first-order valence-electron chi connectivity index (χ1n) is 11.2. The van der Waals surface area contributed by atoms with Gasteiger partial charge >= 0.3 is 0 Å².